The van der Waals surface area contributed by atoms with Crippen molar-refractivity contribution < 1.29 is 80.9 Å². The summed E-state index contributed by atoms with van der Waals surface area (Å²) in [7, 11) is 0. The maximum absolute atomic E-state index is 12.1. The third-order valence-corrected chi connectivity index (χ3v) is 5.53. The van der Waals surface area contributed by atoms with Crippen LogP contribution in [0, 0.1) is 0 Å². The van der Waals surface area contributed by atoms with Gasteiger partial charge >= 0.3 is 41.8 Å². The molecule has 0 aromatic carbocycles. The molecule has 0 bridgehead atoms. The average Bonchev–Trinajstić information content (AvgIpc) is 2.83. The highest BCUT2D eigenvalue weighted by molar-refractivity contribution is 5.69. The van der Waals surface area contributed by atoms with E-state index in [1.165, 1.54) is 0 Å². The Kier molecular flexibility index (Phi) is 12.6. The molecule has 0 aliphatic carbocycles. The average molecular weight is 607 g/mol. The molecular formula is C25H34O17. The highest BCUT2D eigenvalue weighted by atomic mass is 16.8. The van der Waals surface area contributed by atoms with Crippen LogP contribution in [0.3, 0.4) is 0 Å². The summed E-state index contributed by atoms with van der Waals surface area (Å²) in [6.45, 7) is 6.50. The maximum atomic E-state index is 12.1. The van der Waals surface area contributed by atoms with E-state index in [2.05, 4.69) is 0 Å². The van der Waals surface area contributed by atoms with Gasteiger partial charge in [-0.1, -0.05) is 0 Å². The summed E-state index contributed by atoms with van der Waals surface area (Å²) in [6.07, 6.45) is -13.4. The summed E-state index contributed by atoms with van der Waals surface area (Å²) in [6, 6.07) is 0. The van der Waals surface area contributed by atoms with E-state index in [-0.39, 0.29) is 0 Å². The number of rotatable bonds is 10. The Bertz CT molecular complexity index is 1040. The van der Waals surface area contributed by atoms with Crippen molar-refractivity contribution in [3.05, 3.63) is 0 Å². The highest BCUT2D eigenvalue weighted by Crippen LogP contribution is 2.33. The molecule has 2 aliphatic rings. The molecule has 9 atom stereocenters. The Morgan fingerprint density at radius 1 is 0.524 bits per heavy atom. The second kappa shape index (κ2) is 15.4. The smallest absolute Gasteiger partial charge is 0.305 e. The van der Waals surface area contributed by atoms with E-state index in [9.17, 15) is 33.6 Å². The Morgan fingerprint density at radius 2 is 0.952 bits per heavy atom. The molecule has 0 aromatic rings. The lowest BCUT2D eigenvalue weighted by molar-refractivity contribution is -0.343. The van der Waals surface area contributed by atoms with Crippen LogP contribution in [-0.4, -0.2) is 110 Å². The monoisotopic (exact) mass is 606 g/mol. The van der Waals surface area contributed by atoms with Gasteiger partial charge in [0, 0.05) is 48.5 Å². The fraction of sp³-hybridized carbons (Fsp3) is 0.720. The second-order valence-electron chi connectivity index (χ2n) is 9.20. The normalized spacial score (nSPS) is 30.6. The lowest BCUT2D eigenvalue weighted by atomic mass is 9.97. The Balaban J connectivity index is 2.54. The molecular weight excluding hydrogens is 572 g/mol. The van der Waals surface area contributed by atoms with Crippen LogP contribution in [0.4, 0.5) is 0 Å². The van der Waals surface area contributed by atoms with Crippen molar-refractivity contribution in [2.45, 2.75) is 104 Å². The molecule has 2 aliphatic heterocycles. The van der Waals surface area contributed by atoms with Crippen LogP contribution in [0.15, 0.2) is 0 Å². The molecule has 2 saturated heterocycles. The lowest BCUT2D eigenvalue weighted by Crippen LogP contribution is -2.65. The summed E-state index contributed by atoms with van der Waals surface area (Å²) >= 11 is 0. The van der Waals surface area contributed by atoms with Gasteiger partial charge in [0.1, 0.15) is 18.8 Å². The summed E-state index contributed by atoms with van der Waals surface area (Å²) < 4.78 is 54.2. The number of carbonyl (C=O) groups excluding carboxylic acids is 7. The Morgan fingerprint density at radius 3 is 1.43 bits per heavy atom. The molecule has 17 nitrogen and oxygen atoms in total. The maximum Gasteiger partial charge on any atom is 0.305 e. The molecule has 0 aromatic heterocycles. The van der Waals surface area contributed by atoms with Gasteiger partial charge < -0.3 is 47.4 Å². The molecule has 0 saturated carbocycles. The van der Waals surface area contributed by atoms with Gasteiger partial charge in [0.15, 0.2) is 30.7 Å². The zero-order chi connectivity index (χ0) is 31.7. The van der Waals surface area contributed by atoms with Crippen molar-refractivity contribution in [1.29, 1.82) is 0 Å². The van der Waals surface area contributed by atoms with Crippen molar-refractivity contribution in [3.63, 3.8) is 0 Å². The number of esters is 7. The van der Waals surface area contributed by atoms with Gasteiger partial charge in [0.05, 0.1) is 6.61 Å². The first kappa shape index (κ1) is 34.4. The van der Waals surface area contributed by atoms with Crippen LogP contribution in [0.1, 0.15) is 48.5 Å². The highest BCUT2D eigenvalue weighted by Gasteiger charge is 2.55. The van der Waals surface area contributed by atoms with E-state index < -0.39 is 110 Å². The quantitative estimate of drug-likeness (QED) is 0.221. The fourth-order valence-electron chi connectivity index (χ4n) is 4.25. The van der Waals surface area contributed by atoms with E-state index in [0.717, 1.165) is 48.5 Å². The zero-order valence-corrected chi connectivity index (χ0v) is 24.1. The molecule has 2 fully saturated rings. The van der Waals surface area contributed by atoms with Gasteiger partial charge in [-0.25, -0.2) is 0 Å². The van der Waals surface area contributed by atoms with Crippen LogP contribution in [-0.2, 0) is 80.9 Å². The summed E-state index contributed by atoms with van der Waals surface area (Å²) in [5, 5.41) is 0. The van der Waals surface area contributed by atoms with E-state index in [1.807, 2.05) is 0 Å². The Hall–Kier alpha value is -3.83. The number of hydrogen-bond donors (Lipinski definition) is 0. The molecule has 2 heterocycles. The number of carbonyl (C=O) groups is 7. The van der Waals surface area contributed by atoms with Crippen molar-refractivity contribution in [2.75, 3.05) is 13.2 Å². The standard InChI is InChI=1S/C25H34O17/c1-10(26)33-8-17-19(35-11(2)27)21(37-13(4)29)23(39-15(6)31)25(41-17)42-18-9-34-24(40-16(7)32)22(38-14(5)30)20(18)36-12(3)28/h17-25H,8-9H2,1-7H3/t17-,18-,19-,20+,21+,22-,23-,24+,25+/m1/s1. The molecule has 0 radical (unpaired) electrons. The van der Waals surface area contributed by atoms with E-state index in [1.54, 1.807) is 0 Å². The van der Waals surface area contributed by atoms with E-state index in [0.29, 0.717) is 0 Å². The third kappa shape index (κ3) is 10.2. The molecule has 0 amide bonds. The second-order valence-corrected chi connectivity index (χ2v) is 9.20. The minimum absolute atomic E-state index is 0.444. The van der Waals surface area contributed by atoms with Gasteiger partial charge in [-0.2, -0.15) is 0 Å². The molecule has 0 N–H and O–H groups in total. The summed E-state index contributed by atoms with van der Waals surface area (Å²) in [4.78, 5) is 83.1. The minimum Gasteiger partial charge on any atom is -0.463 e. The lowest BCUT2D eigenvalue weighted by Gasteiger charge is -2.46. The number of ether oxygens (including phenoxy) is 10. The van der Waals surface area contributed by atoms with Crippen LogP contribution in [0.25, 0.3) is 0 Å². The predicted octanol–water partition coefficient (Wildman–Crippen LogP) is -0.762. The van der Waals surface area contributed by atoms with Crippen molar-refractivity contribution in [3.8, 4) is 0 Å². The van der Waals surface area contributed by atoms with Gasteiger partial charge in [-0.15, -0.1) is 0 Å². The first-order valence-corrected chi connectivity index (χ1v) is 12.7. The van der Waals surface area contributed by atoms with Crippen LogP contribution in [0.2, 0.25) is 0 Å². The van der Waals surface area contributed by atoms with Gasteiger partial charge in [0.25, 0.3) is 0 Å². The minimum atomic E-state index is -1.67. The van der Waals surface area contributed by atoms with Crippen LogP contribution in [0.5, 0.6) is 0 Å². The predicted molar refractivity (Wildman–Crippen MR) is 129 cm³/mol. The van der Waals surface area contributed by atoms with Crippen molar-refractivity contribution >= 4 is 41.8 Å². The topological polar surface area (TPSA) is 212 Å². The van der Waals surface area contributed by atoms with Gasteiger partial charge in [-0.3, -0.25) is 33.6 Å². The fourth-order valence-corrected chi connectivity index (χ4v) is 4.25. The van der Waals surface area contributed by atoms with Gasteiger partial charge in [-0.05, 0) is 0 Å². The molecule has 0 unspecified atom stereocenters. The molecule has 0 spiro atoms. The van der Waals surface area contributed by atoms with Crippen LogP contribution < -0.4 is 0 Å². The van der Waals surface area contributed by atoms with Crippen LogP contribution >= 0.6 is 0 Å². The summed E-state index contributed by atoms with van der Waals surface area (Å²) in [5.41, 5.74) is 0. The molecule has 17 heteroatoms. The van der Waals surface area contributed by atoms with Gasteiger partial charge in [0.2, 0.25) is 12.4 Å². The van der Waals surface area contributed by atoms with Crippen molar-refractivity contribution in [2.24, 2.45) is 0 Å². The largest absolute Gasteiger partial charge is 0.463 e. The SMILES string of the molecule is CC(=O)OC[C@H]1O[C@@H](O[C@@H]2CO[C@@H](OC(C)=O)[C@H](OC(C)=O)[C@H]2OC(C)=O)[C@H](OC(C)=O)[C@@H](OC(C)=O)[C@@H]1OC(C)=O. The molecule has 236 valence electrons. The van der Waals surface area contributed by atoms with E-state index >= 15 is 0 Å². The molecule has 42 heavy (non-hydrogen) atoms. The number of hydrogen-bond acceptors (Lipinski definition) is 17. The van der Waals surface area contributed by atoms with E-state index in [4.69, 9.17) is 47.4 Å². The summed E-state index contributed by atoms with van der Waals surface area (Å²) in [5.74, 6) is -5.76. The zero-order valence-electron chi connectivity index (χ0n) is 24.1. The molecule has 2 rings (SSSR count). The third-order valence-electron chi connectivity index (χ3n) is 5.53. The van der Waals surface area contributed by atoms with Crippen molar-refractivity contribution in [1.82, 2.24) is 0 Å². The first-order valence-electron chi connectivity index (χ1n) is 12.7. The Labute approximate surface area is 240 Å². The first-order chi connectivity index (χ1) is 19.6.